The van der Waals surface area contributed by atoms with Gasteiger partial charge in [0.15, 0.2) is 0 Å². The molecule has 8 bridgehead atoms. The summed E-state index contributed by atoms with van der Waals surface area (Å²) < 4.78 is 0. The number of nitrogens with zero attached hydrogens (tertiary/aromatic N) is 4. The molecule has 4 aromatic rings. The Labute approximate surface area is 406 Å². The van der Waals surface area contributed by atoms with E-state index in [1.807, 2.05) is 0 Å². The molecule has 336 valence electrons. The number of rotatable bonds is 7. The molecule has 0 unspecified atom stereocenters. The van der Waals surface area contributed by atoms with Crippen molar-refractivity contribution in [1.29, 1.82) is 0 Å². The summed E-state index contributed by atoms with van der Waals surface area (Å²) in [6.45, 7) is 25.2. The number of fused-ring (bicyclic) bond motifs is 4. The molecule has 6 heteroatoms. The number of benzene rings is 4. The van der Waals surface area contributed by atoms with Crippen molar-refractivity contribution in [1.82, 2.24) is 0 Å². The Hall–Kier alpha value is -6.97. The summed E-state index contributed by atoms with van der Waals surface area (Å²) in [5, 5.41) is 0. The second-order valence-corrected chi connectivity index (χ2v) is 30.7. The van der Waals surface area contributed by atoms with Crippen molar-refractivity contribution in [2.24, 2.45) is 20.0 Å². The summed E-state index contributed by atoms with van der Waals surface area (Å²) in [7, 11) is -3.48. The molecule has 5 heterocycles. The quantitative estimate of drug-likeness (QED) is 0.131. The van der Waals surface area contributed by atoms with E-state index in [0.717, 1.165) is 101 Å². The fourth-order valence-corrected chi connectivity index (χ4v) is 15.8. The highest BCUT2D eigenvalue weighted by molar-refractivity contribution is 6.90. The normalized spacial score (nSPS) is 16.5. The topological polar surface area (TPSA) is 49.4 Å². The van der Waals surface area contributed by atoms with Gasteiger partial charge in [0.2, 0.25) is 0 Å². The van der Waals surface area contributed by atoms with Crippen molar-refractivity contribution >= 4 is 61.3 Å². The molecule has 0 aromatic heterocycles. The van der Waals surface area contributed by atoms with E-state index in [-0.39, 0.29) is 0 Å². The molecule has 9 rings (SSSR count). The smallest absolute Gasteiger partial charge is 0.146 e. The third kappa shape index (κ3) is 9.20. The highest BCUT2D eigenvalue weighted by atomic mass is 28.3. The van der Waals surface area contributed by atoms with Crippen molar-refractivity contribution in [3.05, 3.63) is 213 Å². The number of allylic oxidation sites excluding steroid dienone is 12. The Morgan fingerprint density at radius 1 is 0.353 bits per heavy atom. The Balaban J connectivity index is 1.28. The lowest BCUT2D eigenvalue weighted by molar-refractivity contribution is 0.838. The molecule has 4 aromatic carbocycles. The van der Waals surface area contributed by atoms with Gasteiger partial charge < -0.3 is 0 Å². The lowest BCUT2D eigenvalue weighted by Gasteiger charge is -2.38. The van der Waals surface area contributed by atoms with E-state index in [2.05, 4.69) is 244 Å². The van der Waals surface area contributed by atoms with Gasteiger partial charge in [0.05, 0.1) is 45.6 Å². The average molecular weight is 917 g/mol. The van der Waals surface area contributed by atoms with Crippen LogP contribution >= 0.6 is 0 Å². The monoisotopic (exact) mass is 916 g/mol. The van der Waals surface area contributed by atoms with Gasteiger partial charge in [-0.05, 0) is 126 Å². The van der Waals surface area contributed by atoms with Gasteiger partial charge in [-0.2, -0.15) is 0 Å². The van der Waals surface area contributed by atoms with Crippen LogP contribution in [0.5, 0.6) is 0 Å². The Morgan fingerprint density at radius 3 is 0.882 bits per heavy atom. The molecule has 0 saturated heterocycles. The van der Waals surface area contributed by atoms with Gasteiger partial charge >= 0.3 is 0 Å². The molecule has 5 aliphatic heterocycles. The second kappa shape index (κ2) is 18.6. The molecule has 0 aliphatic carbocycles. The summed E-state index contributed by atoms with van der Waals surface area (Å²) >= 11 is 0. The van der Waals surface area contributed by atoms with Crippen LogP contribution in [-0.2, 0) is 0 Å². The van der Waals surface area contributed by atoms with E-state index in [9.17, 15) is 0 Å². The maximum Gasteiger partial charge on any atom is 0.146 e. The molecule has 0 spiro atoms. The van der Waals surface area contributed by atoms with Crippen LogP contribution < -0.4 is 0 Å². The molecule has 0 fully saturated rings. The first-order valence-corrected chi connectivity index (χ1v) is 29.8. The van der Waals surface area contributed by atoms with Crippen molar-refractivity contribution in [2.45, 2.75) is 91.7 Å². The zero-order valence-electron chi connectivity index (χ0n) is 41.4. The Bertz CT molecular complexity index is 3220. The number of aryl methyl sites for hydroxylation is 2. The van der Waals surface area contributed by atoms with Crippen molar-refractivity contribution < 1.29 is 0 Å². The van der Waals surface area contributed by atoms with Crippen LogP contribution in [0, 0.1) is 36.8 Å². The van der Waals surface area contributed by atoms with Crippen LogP contribution in [0.2, 0.25) is 36.3 Å². The fraction of sp³-hybridized carbons (Fsp3) is 0.226. The number of aliphatic imine (C=N–C) groups is 4. The van der Waals surface area contributed by atoms with Crippen LogP contribution in [0.15, 0.2) is 188 Å². The van der Waals surface area contributed by atoms with Crippen LogP contribution in [0.3, 0.4) is 0 Å². The summed E-state index contributed by atoms with van der Waals surface area (Å²) in [4.78, 5) is 22.0. The summed E-state index contributed by atoms with van der Waals surface area (Å²) in [6, 6.07) is 34.6. The maximum atomic E-state index is 5.52. The lowest BCUT2D eigenvalue weighted by atomic mass is 9.97. The second-order valence-electron chi connectivity index (χ2n) is 20.4. The predicted molar refractivity (Wildman–Crippen MR) is 297 cm³/mol. The maximum absolute atomic E-state index is 5.52. The average Bonchev–Trinajstić information content (AvgIpc) is 4.16. The highest BCUT2D eigenvalue weighted by Crippen LogP contribution is 2.42. The van der Waals surface area contributed by atoms with E-state index in [4.69, 9.17) is 20.0 Å². The number of hydrogen-bond acceptors (Lipinski definition) is 4. The molecule has 0 saturated carbocycles. The lowest BCUT2D eigenvalue weighted by Crippen LogP contribution is -2.43. The molecule has 0 atom stereocenters. The van der Waals surface area contributed by atoms with Crippen LogP contribution in [-0.4, -0.2) is 39.0 Å². The first-order valence-electron chi connectivity index (χ1n) is 24.0. The summed E-state index contributed by atoms with van der Waals surface area (Å²) in [6.07, 6.45) is 17.0. The standard InChI is InChI=1S/C62H60N4Si2/c1-40(2)68(41(3)4,42(5)6)39-37-46-18-26-50(27-19-46)62-56-33-31-54(65-56)60(48-22-14-44(8)15-23-48)52-29-28-51(63-52)59(47-20-12-43(7)13-21-47)53-30-32-55(64-53)61(57-34-35-58(62)66-57)49-24-16-45(17-25-49)36-38-67(9,10)11/h12-35,40-42H,1-11H3. The third-order valence-electron chi connectivity index (χ3n) is 13.5. The third-order valence-corrected chi connectivity index (χ3v) is 20.7. The molecule has 0 radical (unpaired) electrons. The van der Waals surface area contributed by atoms with Crippen LogP contribution in [0.1, 0.15) is 86.1 Å². The van der Waals surface area contributed by atoms with Gasteiger partial charge in [-0.1, -0.05) is 157 Å². The molecule has 5 aliphatic rings. The predicted octanol–water partition coefficient (Wildman–Crippen LogP) is 15.1. The first kappa shape index (κ1) is 46.2. The molecule has 68 heavy (non-hydrogen) atoms. The molecule has 0 amide bonds. The van der Waals surface area contributed by atoms with Gasteiger partial charge in [-0.25, -0.2) is 20.0 Å². The molecule has 0 N–H and O–H groups in total. The van der Waals surface area contributed by atoms with E-state index >= 15 is 0 Å². The van der Waals surface area contributed by atoms with E-state index in [1.165, 1.54) is 11.1 Å². The summed E-state index contributed by atoms with van der Waals surface area (Å²) in [5.74, 6) is 7.11. The molecule has 4 nitrogen and oxygen atoms in total. The highest BCUT2D eigenvalue weighted by Gasteiger charge is 2.41. The molecular weight excluding hydrogens is 857 g/mol. The largest absolute Gasteiger partial charge is 0.248 e. The SMILES string of the molecule is Cc1ccc(C2=C3C=CC(=N3)C(c3ccc(C#C[Si](C)(C)C)cc3)=C3C=CC(=N3)C(c3ccc(C#C[Si](C(C)C)(C(C)C)C(C)C)cc3)=C3C=CC(=N3)C(c3ccc(C)cc3)=C3C=CC2=N3)cc1. The molecular formula is C62H60N4Si2. The number of hydrogen-bond donors (Lipinski definition) is 0. The van der Waals surface area contributed by atoms with Gasteiger partial charge in [-0.15, -0.1) is 11.1 Å². The minimum atomic E-state index is -1.92. The van der Waals surface area contributed by atoms with Crippen molar-refractivity contribution in [2.75, 3.05) is 0 Å². The van der Waals surface area contributed by atoms with Gasteiger partial charge in [0.25, 0.3) is 0 Å². The Morgan fingerprint density at radius 2 is 0.618 bits per heavy atom. The fourth-order valence-electron chi connectivity index (χ4n) is 10.0. The van der Waals surface area contributed by atoms with Crippen LogP contribution in [0.4, 0.5) is 0 Å². The van der Waals surface area contributed by atoms with Gasteiger partial charge in [0, 0.05) is 33.4 Å². The first-order chi connectivity index (χ1) is 32.6. The van der Waals surface area contributed by atoms with E-state index < -0.39 is 16.1 Å². The zero-order chi connectivity index (χ0) is 47.9. The minimum Gasteiger partial charge on any atom is -0.248 e. The van der Waals surface area contributed by atoms with Gasteiger partial charge in [-0.3, -0.25) is 0 Å². The van der Waals surface area contributed by atoms with Crippen LogP contribution in [0.25, 0.3) is 22.3 Å². The van der Waals surface area contributed by atoms with Gasteiger partial charge in [0.1, 0.15) is 16.1 Å². The minimum absolute atomic E-state index is 0.557. The van der Waals surface area contributed by atoms with Crippen molar-refractivity contribution in [3.63, 3.8) is 0 Å². The van der Waals surface area contributed by atoms with Crippen molar-refractivity contribution in [3.8, 4) is 22.9 Å². The Kier molecular flexibility index (Phi) is 12.6. The zero-order valence-corrected chi connectivity index (χ0v) is 43.4. The summed E-state index contributed by atoms with van der Waals surface area (Å²) in [5.41, 5.74) is 28.2. The van der Waals surface area contributed by atoms with E-state index in [0.29, 0.717) is 16.6 Å². The van der Waals surface area contributed by atoms with E-state index in [1.54, 1.807) is 0 Å².